The van der Waals surface area contributed by atoms with Crippen molar-refractivity contribution in [3.63, 3.8) is 0 Å². The van der Waals surface area contributed by atoms with Crippen LogP contribution in [-0.2, 0) is 9.59 Å². The van der Waals surface area contributed by atoms with Crippen LogP contribution >= 0.6 is 0 Å². The number of anilines is 2. The molecule has 1 aliphatic rings. The van der Waals surface area contributed by atoms with Gasteiger partial charge in [-0.15, -0.1) is 0 Å². The number of carbonyl (C=O) groups excluding carboxylic acids is 2. The predicted octanol–water partition coefficient (Wildman–Crippen LogP) is 2.33. The van der Waals surface area contributed by atoms with Gasteiger partial charge in [0.2, 0.25) is 0 Å². The molecule has 2 amide bonds. The standard InChI is InChI=1S/C16H14N2O3/c1-10-5-4-6-11(9-10)17-15(19)14-16(20)18-12-7-2-3-8-13(12)21-14/h2-9,14H,1H3,(H,17,19)(H,18,20)/t14-/m0/s1. The molecule has 5 heteroatoms. The second-order valence-electron chi connectivity index (χ2n) is 4.84. The van der Waals surface area contributed by atoms with Crippen LogP contribution in [0.25, 0.3) is 0 Å². The fourth-order valence-corrected chi connectivity index (χ4v) is 2.15. The molecule has 2 N–H and O–H groups in total. The molecule has 0 fully saturated rings. The van der Waals surface area contributed by atoms with E-state index in [0.29, 0.717) is 17.1 Å². The molecule has 0 radical (unpaired) electrons. The van der Waals surface area contributed by atoms with E-state index in [4.69, 9.17) is 4.74 Å². The topological polar surface area (TPSA) is 67.4 Å². The summed E-state index contributed by atoms with van der Waals surface area (Å²) in [4.78, 5) is 24.2. The number of carbonyl (C=O) groups is 2. The van der Waals surface area contributed by atoms with Crippen molar-refractivity contribution in [1.82, 2.24) is 0 Å². The molecule has 2 aromatic rings. The number of fused-ring (bicyclic) bond motifs is 1. The number of amides is 2. The molecular formula is C16H14N2O3. The highest BCUT2D eigenvalue weighted by Crippen LogP contribution is 2.29. The van der Waals surface area contributed by atoms with E-state index in [-0.39, 0.29) is 0 Å². The summed E-state index contributed by atoms with van der Waals surface area (Å²) in [5.41, 5.74) is 2.23. The third-order valence-electron chi connectivity index (χ3n) is 3.15. The van der Waals surface area contributed by atoms with Gasteiger partial charge in [0.1, 0.15) is 5.75 Å². The van der Waals surface area contributed by atoms with Gasteiger partial charge in [0.05, 0.1) is 5.69 Å². The quantitative estimate of drug-likeness (QED) is 0.831. The van der Waals surface area contributed by atoms with Crippen molar-refractivity contribution in [3.8, 4) is 5.75 Å². The van der Waals surface area contributed by atoms with Crippen LogP contribution in [-0.4, -0.2) is 17.9 Å². The first-order chi connectivity index (χ1) is 10.1. The minimum absolute atomic E-state index is 0.473. The van der Waals surface area contributed by atoms with Crippen LogP contribution in [0.1, 0.15) is 5.56 Å². The van der Waals surface area contributed by atoms with Crippen molar-refractivity contribution in [2.75, 3.05) is 10.6 Å². The van der Waals surface area contributed by atoms with Gasteiger partial charge in [0.15, 0.2) is 0 Å². The van der Waals surface area contributed by atoms with Gasteiger partial charge < -0.3 is 15.4 Å². The molecule has 3 rings (SSSR count). The maximum atomic E-state index is 12.2. The zero-order valence-electron chi connectivity index (χ0n) is 11.4. The second kappa shape index (κ2) is 5.28. The third kappa shape index (κ3) is 2.72. The molecule has 0 aromatic heterocycles. The molecule has 1 heterocycles. The van der Waals surface area contributed by atoms with E-state index >= 15 is 0 Å². The van der Waals surface area contributed by atoms with Crippen LogP contribution in [0.15, 0.2) is 48.5 Å². The Kier molecular flexibility index (Phi) is 3.31. The number of para-hydroxylation sites is 2. The smallest absolute Gasteiger partial charge is 0.275 e. The minimum atomic E-state index is -1.19. The average molecular weight is 282 g/mol. The number of hydrogen-bond acceptors (Lipinski definition) is 3. The highest BCUT2D eigenvalue weighted by atomic mass is 16.5. The van der Waals surface area contributed by atoms with Crippen LogP contribution in [0.4, 0.5) is 11.4 Å². The van der Waals surface area contributed by atoms with Gasteiger partial charge in [-0.1, -0.05) is 24.3 Å². The van der Waals surface area contributed by atoms with Crippen molar-refractivity contribution in [3.05, 3.63) is 54.1 Å². The summed E-state index contributed by atoms with van der Waals surface area (Å²) in [6, 6.07) is 14.4. The van der Waals surface area contributed by atoms with Crippen molar-refractivity contribution in [2.24, 2.45) is 0 Å². The summed E-state index contributed by atoms with van der Waals surface area (Å²) < 4.78 is 5.48. The summed E-state index contributed by atoms with van der Waals surface area (Å²) in [6.45, 7) is 1.93. The Hall–Kier alpha value is -2.82. The Balaban J connectivity index is 1.78. The van der Waals surface area contributed by atoms with Crippen molar-refractivity contribution in [2.45, 2.75) is 13.0 Å². The molecule has 0 saturated heterocycles. The number of hydrogen-bond donors (Lipinski definition) is 2. The highest BCUT2D eigenvalue weighted by molar-refractivity contribution is 6.15. The molecular weight excluding hydrogens is 268 g/mol. The Morgan fingerprint density at radius 2 is 2.00 bits per heavy atom. The Morgan fingerprint density at radius 3 is 2.81 bits per heavy atom. The fraction of sp³-hybridized carbons (Fsp3) is 0.125. The monoisotopic (exact) mass is 282 g/mol. The third-order valence-corrected chi connectivity index (χ3v) is 3.15. The predicted molar refractivity (Wildman–Crippen MR) is 79.3 cm³/mol. The molecule has 106 valence electrons. The van der Waals surface area contributed by atoms with E-state index in [1.165, 1.54) is 0 Å². The first-order valence-corrected chi connectivity index (χ1v) is 6.57. The number of rotatable bonds is 2. The molecule has 0 unspecified atom stereocenters. The van der Waals surface area contributed by atoms with E-state index in [1.54, 1.807) is 30.3 Å². The lowest BCUT2D eigenvalue weighted by Gasteiger charge is -2.24. The summed E-state index contributed by atoms with van der Waals surface area (Å²) >= 11 is 0. The van der Waals surface area contributed by atoms with Gasteiger partial charge in [-0.3, -0.25) is 9.59 Å². The van der Waals surface area contributed by atoms with Crippen LogP contribution < -0.4 is 15.4 Å². The van der Waals surface area contributed by atoms with Gasteiger partial charge >= 0.3 is 0 Å². The van der Waals surface area contributed by atoms with Crippen molar-refractivity contribution >= 4 is 23.2 Å². The average Bonchev–Trinajstić information content (AvgIpc) is 2.46. The zero-order chi connectivity index (χ0) is 14.8. The summed E-state index contributed by atoms with van der Waals surface area (Å²) in [6.07, 6.45) is -1.19. The molecule has 0 bridgehead atoms. The maximum absolute atomic E-state index is 12.2. The van der Waals surface area contributed by atoms with Crippen molar-refractivity contribution < 1.29 is 14.3 Å². The van der Waals surface area contributed by atoms with E-state index in [2.05, 4.69) is 10.6 Å². The van der Waals surface area contributed by atoms with E-state index < -0.39 is 17.9 Å². The van der Waals surface area contributed by atoms with Crippen LogP contribution in [0.2, 0.25) is 0 Å². The van der Waals surface area contributed by atoms with Crippen molar-refractivity contribution in [1.29, 1.82) is 0 Å². The van der Waals surface area contributed by atoms with Gasteiger partial charge in [-0.05, 0) is 36.8 Å². The first kappa shape index (κ1) is 13.2. The zero-order valence-corrected chi connectivity index (χ0v) is 11.4. The Morgan fingerprint density at radius 1 is 1.19 bits per heavy atom. The molecule has 1 atom stereocenters. The second-order valence-corrected chi connectivity index (χ2v) is 4.84. The first-order valence-electron chi connectivity index (χ1n) is 6.57. The Bertz CT molecular complexity index is 712. The lowest BCUT2D eigenvalue weighted by molar-refractivity contribution is -0.133. The normalized spacial score (nSPS) is 16.4. The summed E-state index contributed by atoms with van der Waals surface area (Å²) in [5.74, 6) is -0.479. The molecule has 0 aliphatic carbocycles. The summed E-state index contributed by atoms with van der Waals surface area (Å²) in [5, 5.41) is 5.35. The van der Waals surface area contributed by atoms with E-state index in [0.717, 1.165) is 5.56 Å². The molecule has 0 spiro atoms. The van der Waals surface area contributed by atoms with Crippen LogP contribution in [0, 0.1) is 6.92 Å². The van der Waals surface area contributed by atoms with E-state index in [9.17, 15) is 9.59 Å². The number of nitrogens with one attached hydrogen (secondary N) is 2. The lowest BCUT2D eigenvalue weighted by Crippen LogP contribution is -2.45. The molecule has 21 heavy (non-hydrogen) atoms. The minimum Gasteiger partial charge on any atom is -0.468 e. The number of aryl methyl sites for hydroxylation is 1. The fourth-order valence-electron chi connectivity index (χ4n) is 2.15. The van der Waals surface area contributed by atoms with Crippen LogP contribution in [0.3, 0.4) is 0 Å². The molecule has 1 aliphatic heterocycles. The van der Waals surface area contributed by atoms with Gasteiger partial charge in [0.25, 0.3) is 17.9 Å². The van der Waals surface area contributed by atoms with Gasteiger partial charge in [-0.2, -0.15) is 0 Å². The number of benzene rings is 2. The molecule has 2 aromatic carbocycles. The van der Waals surface area contributed by atoms with Gasteiger partial charge in [-0.25, -0.2) is 0 Å². The van der Waals surface area contributed by atoms with Gasteiger partial charge in [0, 0.05) is 5.69 Å². The molecule has 5 nitrogen and oxygen atoms in total. The maximum Gasteiger partial charge on any atom is 0.275 e. The summed E-state index contributed by atoms with van der Waals surface area (Å²) in [7, 11) is 0. The largest absolute Gasteiger partial charge is 0.468 e. The number of ether oxygens (including phenoxy) is 1. The Labute approximate surface area is 121 Å². The SMILES string of the molecule is Cc1cccc(NC(=O)[C@@H]2Oc3ccccc3NC2=O)c1. The highest BCUT2D eigenvalue weighted by Gasteiger charge is 2.33. The van der Waals surface area contributed by atoms with Crippen LogP contribution in [0.5, 0.6) is 5.75 Å². The van der Waals surface area contributed by atoms with E-state index in [1.807, 2.05) is 25.1 Å². The molecule has 0 saturated carbocycles. The lowest BCUT2D eigenvalue weighted by atomic mass is 10.2.